The molecule has 0 aliphatic carbocycles. The van der Waals surface area contributed by atoms with E-state index in [4.69, 9.17) is 5.14 Å². The van der Waals surface area contributed by atoms with Crippen LogP contribution < -0.4 is 10.0 Å². The third-order valence-corrected chi connectivity index (χ3v) is 4.61. The molecule has 2 aromatic rings. The summed E-state index contributed by atoms with van der Waals surface area (Å²) in [4.78, 5) is 13.5. The quantitative estimate of drug-likeness (QED) is 0.861. The molecule has 2 heterocycles. The molecule has 0 saturated carbocycles. The summed E-state index contributed by atoms with van der Waals surface area (Å²) in [5.41, 5.74) is 1.38. The van der Waals surface area contributed by atoms with Crippen molar-refractivity contribution < 1.29 is 17.6 Å². The zero-order valence-electron chi connectivity index (χ0n) is 12.1. The minimum atomic E-state index is -3.62. The average molecular weight is 338 g/mol. The summed E-state index contributed by atoms with van der Waals surface area (Å²) in [6, 6.07) is 7.53. The van der Waals surface area contributed by atoms with Crippen molar-refractivity contribution in [2.75, 3.05) is 17.2 Å². The Morgan fingerprint density at radius 3 is 2.70 bits per heavy atom. The second kappa shape index (κ2) is 5.74. The summed E-state index contributed by atoms with van der Waals surface area (Å²) in [5, 5.41) is 11.9. The maximum absolute atomic E-state index is 12.9. The number of halogens is 1. The first kappa shape index (κ1) is 15.6. The lowest BCUT2D eigenvalue weighted by Crippen LogP contribution is -2.27. The minimum Gasteiger partial charge on any atom is -0.295 e. The molecular formula is C14H15FN4O3S. The number of hydrogen-bond donors (Lipinski definition) is 2. The van der Waals surface area contributed by atoms with Crippen LogP contribution >= 0.6 is 0 Å². The number of rotatable bonds is 4. The Labute approximate surface area is 132 Å². The molecule has 122 valence electrons. The Morgan fingerprint density at radius 2 is 2.04 bits per heavy atom. The van der Waals surface area contributed by atoms with Crippen LogP contribution in [0.1, 0.15) is 6.42 Å². The molecule has 7 nitrogen and oxygen atoms in total. The Hall–Kier alpha value is -2.26. The maximum atomic E-state index is 12.9. The second-order valence-corrected chi connectivity index (χ2v) is 7.21. The molecule has 3 rings (SSSR count). The van der Waals surface area contributed by atoms with Gasteiger partial charge in [0.2, 0.25) is 15.9 Å². The largest absolute Gasteiger partial charge is 0.295 e. The van der Waals surface area contributed by atoms with Crippen molar-refractivity contribution in [2.24, 2.45) is 11.1 Å². The lowest BCUT2D eigenvalue weighted by atomic mass is 10.1. The van der Waals surface area contributed by atoms with Gasteiger partial charge in [0.15, 0.2) is 5.82 Å². The monoisotopic (exact) mass is 338 g/mol. The Bertz CT molecular complexity index is 832. The van der Waals surface area contributed by atoms with Crippen LogP contribution in [0, 0.1) is 11.7 Å². The number of H-pyrrole nitrogens is 1. The van der Waals surface area contributed by atoms with E-state index in [1.54, 1.807) is 18.2 Å². The molecule has 1 aliphatic heterocycles. The van der Waals surface area contributed by atoms with Crippen molar-refractivity contribution in [3.05, 3.63) is 36.1 Å². The van der Waals surface area contributed by atoms with Crippen LogP contribution in [-0.2, 0) is 14.8 Å². The first-order valence-corrected chi connectivity index (χ1v) is 8.65. The van der Waals surface area contributed by atoms with Crippen LogP contribution in [0.15, 0.2) is 30.3 Å². The third-order valence-electron chi connectivity index (χ3n) is 3.67. The van der Waals surface area contributed by atoms with Crippen LogP contribution in [0.5, 0.6) is 0 Å². The van der Waals surface area contributed by atoms with E-state index in [0.717, 1.165) is 5.56 Å². The molecule has 0 bridgehead atoms. The predicted molar refractivity (Wildman–Crippen MR) is 82.4 cm³/mol. The van der Waals surface area contributed by atoms with Gasteiger partial charge in [-0.05, 0) is 29.8 Å². The number of carbonyl (C=O) groups is 1. The van der Waals surface area contributed by atoms with Crippen molar-refractivity contribution in [1.29, 1.82) is 0 Å². The summed E-state index contributed by atoms with van der Waals surface area (Å²) < 4.78 is 35.2. The number of nitrogens with one attached hydrogen (secondary N) is 1. The van der Waals surface area contributed by atoms with Crippen LogP contribution in [0.4, 0.5) is 10.2 Å². The molecule has 9 heteroatoms. The van der Waals surface area contributed by atoms with E-state index in [1.165, 1.54) is 17.0 Å². The summed E-state index contributed by atoms with van der Waals surface area (Å²) >= 11 is 0. The molecule has 1 atom stereocenters. The second-order valence-electron chi connectivity index (χ2n) is 5.55. The van der Waals surface area contributed by atoms with Gasteiger partial charge < -0.3 is 0 Å². The molecule has 0 radical (unpaired) electrons. The lowest BCUT2D eigenvalue weighted by molar-refractivity contribution is -0.117. The predicted octanol–water partition coefficient (Wildman–Crippen LogP) is 0.857. The molecule has 23 heavy (non-hydrogen) atoms. The van der Waals surface area contributed by atoms with Crippen molar-refractivity contribution in [3.63, 3.8) is 0 Å². The van der Waals surface area contributed by atoms with Crippen LogP contribution in [0.25, 0.3) is 11.3 Å². The number of hydrogen-bond acceptors (Lipinski definition) is 4. The van der Waals surface area contributed by atoms with Crippen molar-refractivity contribution in [1.82, 2.24) is 10.2 Å². The van der Waals surface area contributed by atoms with Crippen molar-refractivity contribution in [2.45, 2.75) is 6.42 Å². The van der Waals surface area contributed by atoms with E-state index < -0.39 is 10.0 Å². The molecule has 1 unspecified atom stereocenters. The fraction of sp³-hybridized carbons (Fsp3) is 0.286. The molecule has 3 N–H and O–H groups in total. The molecule has 1 amide bonds. The number of anilines is 1. The highest BCUT2D eigenvalue weighted by Gasteiger charge is 2.34. The number of amides is 1. The standard InChI is InChI=1S/C14H15FN4O3S/c15-11-3-1-10(2-4-11)12-6-13(18-17-12)19-7-9(5-14(19)20)8-23(16,21)22/h1-4,6,9H,5,7-8H2,(H,17,18)(H2,16,21,22). The number of benzene rings is 1. The van der Waals surface area contributed by atoms with E-state index in [9.17, 15) is 17.6 Å². The van der Waals surface area contributed by atoms with E-state index in [0.29, 0.717) is 11.5 Å². The minimum absolute atomic E-state index is 0.120. The van der Waals surface area contributed by atoms with Gasteiger partial charge in [0.05, 0.1) is 11.4 Å². The molecule has 1 saturated heterocycles. The van der Waals surface area contributed by atoms with E-state index >= 15 is 0 Å². The molecule has 1 aliphatic rings. The smallest absolute Gasteiger partial charge is 0.228 e. The first-order valence-electron chi connectivity index (χ1n) is 6.94. The summed E-state index contributed by atoms with van der Waals surface area (Å²) in [7, 11) is -3.62. The van der Waals surface area contributed by atoms with Gasteiger partial charge in [-0.2, -0.15) is 5.10 Å². The number of sulfonamides is 1. The molecule has 1 fully saturated rings. The maximum Gasteiger partial charge on any atom is 0.228 e. The topological polar surface area (TPSA) is 109 Å². The summed E-state index contributed by atoms with van der Waals surface area (Å²) in [6.07, 6.45) is 0.120. The highest BCUT2D eigenvalue weighted by Crippen LogP contribution is 2.27. The molecular weight excluding hydrogens is 323 g/mol. The normalized spacial score (nSPS) is 18.6. The number of carbonyl (C=O) groups excluding carboxylic acids is 1. The number of nitrogens with two attached hydrogens (primary N) is 1. The van der Waals surface area contributed by atoms with E-state index in [-0.39, 0.29) is 36.4 Å². The zero-order chi connectivity index (χ0) is 16.6. The molecule has 1 aromatic heterocycles. The number of nitrogens with zero attached hydrogens (tertiary/aromatic N) is 2. The number of primary sulfonamides is 1. The summed E-state index contributed by atoms with van der Waals surface area (Å²) in [5.74, 6) is -0.704. The molecule has 1 aromatic carbocycles. The van der Waals surface area contributed by atoms with Gasteiger partial charge in [0.1, 0.15) is 5.82 Å². The van der Waals surface area contributed by atoms with Gasteiger partial charge in [0, 0.05) is 24.9 Å². The van der Waals surface area contributed by atoms with Gasteiger partial charge in [-0.3, -0.25) is 14.8 Å². The Kier molecular flexibility index (Phi) is 3.90. The highest BCUT2D eigenvalue weighted by atomic mass is 32.2. The number of aromatic amines is 1. The van der Waals surface area contributed by atoms with Gasteiger partial charge in [-0.15, -0.1) is 0 Å². The van der Waals surface area contributed by atoms with Gasteiger partial charge in [-0.25, -0.2) is 17.9 Å². The van der Waals surface area contributed by atoms with Crippen molar-refractivity contribution >= 4 is 21.7 Å². The van der Waals surface area contributed by atoms with Gasteiger partial charge in [0.25, 0.3) is 0 Å². The van der Waals surface area contributed by atoms with Crippen molar-refractivity contribution in [3.8, 4) is 11.3 Å². The molecule has 0 spiro atoms. The Morgan fingerprint density at radius 1 is 1.35 bits per heavy atom. The third kappa shape index (κ3) is 3.57. The van der Waals surface area contributed by atoms with Crippen LogP contribution in [-0.4, -0.2) is 36.8 Å². The summed E-state index contributed by atoms with van der Waals surface area (Å²) in [6.45, 7) is 0.253. The first-order chi connectivity index (χ1) is 10.8. The highest BCUT2D eigenvalue weighted by molar-refractivity contribution is 7.89. The average Bonchev–Trinajstić information content (AvgIpc) is 3.04. The fourth-order valence-corrected chi connectivity index (χ4v) is 3.55. The zero-order valence-corrected chi connectivity index (χ0v) is 12.9. The van der Waals surface area contributed by atoms with Gasteiger partial charge in [-0.1, -0.05) is 0 Å². The van der Waals surface area contributed by atoms with E-state index in [1.807, 2.05) is 0 Å². The van der Waals surface area contributed by atoms with Crippen LogP contribution in [0.3, 0.4) is 0 Å². The van der Waals surface area contributed by atoms with Gasteiger partial charge >= 0.3 is 0 Å². The SMILES string of the molecule is NS(=O)(=O)CC1CC(=O)N(c2cc(-c3ccc(F)cc3)[nH]n2)C1. The number of aromatic nitrogens is 2. The Balaban J connectivity index is 1.78. The lowest BCUT2D eigenvalue weighted by Gasteiger charge is -2.12. The fourth-order valence-electron chi connectivity index (χ4n) is 2.67. The van der Waals surface area contributed by atoms with E-state index in [2.05, 4.69) is 10.2 Å². The van der Waals surface area contributed by atoms with Crippen LogP contribution in [0.2, 0.25) is 0 Å².